The van der Waals surface area contributed by atoms with Crippen molar-refractivity contribution >= 4 is 33.6 Å². The van der Waals surface area contributed by atoms with Gasteiger partial charge in [-0.2, -0.15) is 0 Å². The molecular formula is C17H18BrNO2S. The second kappa shape index (κ2) is 9.54. The molecule has 2 rings (SSSR count). The lowest BCUT2D eigenvalue weighted by molar-refractivity contribution is -0.123. The second-order valence-corrected chi connectivity index (χ2v) is 6.69. The summed E-state index contributed by atoms with van der Waals surface area (Å²) >= 11 is 5.15. The first-order chi connectivity index (χ1) is 10.7. The summed E-state index contributed by atoms with van der Waals surface area (Å²) in [4.78, 5) is 12.9. The molecule has 0 bridgehead atoms. The van der Waals surface area contributed by atoms with Crippen molar-refractivity contribution in [3.63, 3.8) is 0 Å². The van der Waals surface area contributed by atoms with Crippen LogP contribution in [0.1, 0.15) is 6.42 Å². The van der Waals surface area contributed by atoms with Crippen LogP contribution in [0.3, 0.4) is 0 Å². The van der Waals surface area contributed by atoms with Crippen LogP contribution in [0, 0.1) is 0 Å². The maximum absolute atomic E-state index is 11.7. The molecule has 0 unspecified atom stereocenters. The topological polar surface area (TPSA) is 38.3 Å². The maximum atomic E-state index is 11.7. The lowest BCUT2D eigenvalue weighted by Crippen LogP contribution is -2.29. The second-order valence-electron chi connectivity index (χ2n) is 4.61. The standard InChI is InChI=1S/C17H18BrNO2S/c18-14-7-9-15(10-8-14)21-13-17(20)19-11-4-12-22-16-5-2-1-3-6-16/h1-3,5-10H,4,11-13H2,(H,19,20). The average molecular weight is 380 g/mol. The SMILES string of the molecule is O=C(COc1ccc(Br)cc1)NCCCSc1ccccc1. The lowest BCUT2D eigenvalue weighted by Gasteiger charge is -2.07. The fourth-order valence-electron chi connectivity index (χ4n) is 1.74. The highest BCUT2D eigenvalue weighted by molar-refractivity contribution is 9.10. The number of halogens is 1. The van der Waals surface area contributed by atoms with E-state index in [1.54, 1.807) is 11.8 Å². The number of rotatable bonds is 8. The van der Waals surface area contributed by atoms with E-state index < -0.39 is 0 Å². The van der Waals surface area contributed by atoms with Gasteiger partial charge in [-0.1, -0.05) is 34.1 Å². The molecule has 0 saturated heterocycles. The number of benzene rings is 2. The van der Waals surface area contributed by atoms with Crippen molar-refractivity contribution in [3.05, 3.63) is 59.1 Å². The number of carbonyl (C=O) groups excluding carboxylic acids is 1. The van der Waals surface area contributed by atoms with Crippen molar-refractivity contribution in [2.45, 2.75) is 11.3 Å². The number of hydrogen-bond donors (Lipinski definition) is 1. The molecule has 0 radical (unpaired) electrons. The predicted molar refractivity (Wildman–Crippen MR) is 94.4 cm³/mol. The molecule has 2 aromatic rings. The quantitative estimate of drug-likeness (QED) is 0.553. The zero-order chi connectivity index (χ0) is 15.6. The third kappa shape index (κ3) is 6.54. The molecule has 0 aliphatic heterocycles. The molecule has 2 aromatic carbocycles. The number of amides is 1. The van der Waals surface area contributed by atoms with Crippen LogP contribution in [0.5, 0.6) is 5.75 Å². The summed E-state index contributed by atoms with van der Waals surface area (Å²) in [5, 5.41) is 2.86. The van der Waals surface area contributed by atoms with E-state index in [0.29, 0.717) is 12.3 Å². The molecule has 1 amide bonds. The first-order valence-electron chi connectivity index (χ1n) is 7.07. The van der Waals surface area contributed by atoms with Gasteiger partial charge in [-0.05, 0) is 48.6 Å². The molecule has 0 atom stereocenters. The van der Waals surface area contributed by atoms with E-state index >= 15 is 0 Å². The van der Waals surface area contributed by atoms with Crippen molar-refractivity contribution in [1.82, 2.24) is 5.32 Å². The van der Waals surface area contributed by atoms with Gasteiger partial charge < -0.3 is 10.1 Å². The van der Waals surface area contributed by atoms with Crippen LogP contribution in [0.25, 0.3) is 0 Å². The molecule has 0 aliphatic rings. The third-order valence-electron chi connectivity index (χ3n) is 2.84. The molecular weight excluding hydrogens is 362 g/mol. The molecule has 22 heavy (non-hydrogen) atoms. The summed E-state index contributed by atoms with van der Waals surface area (Å²) in [6, 6.07) is 17.7. The van der Waals surface area contributed by atoms with Crippen LogP contribution < -0.4 is 10.1 Å². The van der Waals surface area contributed by atoms with Crippen molar-refractivity contribution in [2.24, 2.45) is 0 Å². The summed E-state index contributed by atoms with van der Waals surface area (Å²) in [6.45, 7) is 0.718. The molecule has 0 aromatic heterocycles. The number of hydrogen-bond acceptors (Lipinski definition) is 3. The predicted octanol–water partition coefficient (Wildman–Crippen LogP) is 4.13. The van der Waals surface area contributed by atoms with E-state index in [2.05, 4.69) is 33.4 Å². The minimum Gasteiger partial charge on any atom is -0.484 e. The number of carbonyl (C=O) groups is 1. The van der Waals surface area contributed by atoms with Gasteiger partial charge >= 0.3 is 0 Å². The van der Waals surface area contributed by atoms with Crippen LogP contribution >= 0.6 is 27.7 Å². The molecule has 0 saturated carbocycles. The molecule has 3 nitrogen and oxygen atoms in total. The Morgan fingerprint density at radius 2 is 1.82 bits per heavy atom. The Labute approximate surface area is 143 Å². The van der Waals surface area contributed by atoms with Crippen molar-refractivity contribution in [3.8, 4) is 5.75 Å². The van der Waals surface area contributed by atoms with E-state index in [0.717, 1.165) is 16.6 Å². The monoisotopic (exact) mass is 379 g/mol. The Morgan fingerprint density at radius 3 is 2.55 bits per heavy atom. The molecule has 5 heteroatoms. The first kappa shape index (κ1) is 16.9. The highest BCUT2D eigenvalue weighted by atomic mass is 79.9. The van der Waals surface area contributed by atoms with Crippen molar-refractivity contribution < 1.29 is 9.53 Å². The van der Waals surface area contributed by atoms with E-state index in [4.69, 9.17) is 4.74 Å². The fourth-order valence-corrected chi connectivity index (χ4v) is 2.88. The van der Waals surface area contributed by atoms with Gasteiger partial charge in [0.05, 0.1) is 0 Å². The van der Waals surface area contributed by atoms with Crippen LogP contribution in [0.4, 0.5) is 0 Å². The van der Waals surface area contributed by atoms with Gasteiger partial charge in [0.25, 0.3) is 5.91 Å². The van der Waals surface area contributed by atoms with Gasteiger partial charge in [0.15, 0.2) is 6.61 Å². The van der Waals surface area contributed by atoms with Crippen LogP contribution in [-0.4, -0.2) is 24.8 Å². The minimum atomic E-state index is -0.0902. The largest absolute Gasteiger partial charge is 0.484 e. The van der Waals surface area contributed by atoms with Crippen molar-refractivity contribution in [1.29, 1.82) is 0 Å². The normalized spacial score (nSPS) is 10.2. The maximum Gasteiger partial charge on any atom is 0.257 e. The van der Waals surface area contributed by atoms with Crippen LogP contribution in [0.15, 0.2) is 64.0 Å². The van der Waals surface area contributed by atoms with Crippen LogP contribution in [-0.2, 0) is 4.79 Å². The fraction of sp³-hybridized carbons (Fsp3) is 0.235. The molecule has 0 fully saturated rings. The van der Waals surface area contributed by atoms with E-state index in [9.17, 15) is 4.79 Å². The highest BCUT2D eigenvalue weighted by Gasteiger charge is 2.02. The summed E-state index contributed by atoms with van der Waals surface area (Å²) in [7, 11) is 0. The first-order valence-corrected chi connectivity index (χ1v) is 8.85. The Hall–Kier alpha value is -1.46. The van der Waals surface area contributed by atoms with E-state index in [1.807, 2.05) is 42.5 Å². The summed E-state index contributed by atoms with van der Waals surface area (Å²) in [6.07, 6.45) is 0.934. The Kier molecular flexibility index (Phi) is 7.33. The number of thioether (sulfide) groups is 1. The van der Waals surface area contributed by atoms with Gasteiger partial charge in [-0.15, -0.1) is 11.8 Å². The zero-order valence-electron chi connectivity index (χ0n) is 12.1. The number of nitrogens with one attached hydrogen (secondary N) is 1. The molecule has 116 valence electrons. The summed E-state index contributed by atoms with van der Waals surface area (Å²) in [5.74, 6) is 1.59. The van der Waals surface area contributed by atoms with Gasteiger partial charge in [-0.3, -0.25) is 4.79 Å². The number of ether oxygens (including phenoxy) is 1. The Balaban J connectivity index is 1.55. The van der Waals surface area contributed by atoms with E-state index in [1.165, 1.54) is 4.90 Å². The average Bonchev–Trinajstić information content (AvgIpc) is 2.55. The molecule has 1 N–H and O–H groups in total. The van der Waals surface area contributed by atoms with Gasteiger partial charge in [-0.25, -0.2) is 0 Å². The van der Waals surface area contributed by atoms with Crippen LogP contribution in [0.2, 0.25) is 0 Å². The van der Waals surface area contributed by atoms with E-state index in [-0.39, 0.29) is 12.5 Å². The van der Waals surface area contributed by atoms with Crippen molar-refractivity contribution in [2.75, 3.05) is 18.9 Å². The molecule has 0 heterocycles. The lowest BCUT2D eigenvalue weighted by atomic mass is 10.3. The minimum absolute atomic E-state index is 0.0491. The Bertz CT molecular complexity index is 575. The zero-order valence-corrected chi connectivity index (χ0v) is 14.5. The molecule has 0 aliphatic carbocycles. The smallest absolute Gasteiger partial charge is 0.257 e. The van der Waals surface area contributed by atoms with Gasteiger partial charge in [0.2, 0.25) is 0 Å². The van der Waals surface area contributed by atoms with Gasteiger partial charge in [0, 0.05) is 15.9 Å². The summed E-state index contributed by atoms with van der Waals surface area (Å²) in [5.41, 5.74) is 0. The third-order valence-corrected chi connectivity index (χ3v) is 4.47. The highest BCUT2D eigenvalue weighted by Crippen LogP contribution is 2.17. The molecule has 0 spiro atoms. The van der Waals surface area contributed by atoms with Gasteiger partial charge in [0.1, 0.15) is 5.75 Å². The summed E-state index contributed by atoms with van der Waals surface area (Å²) < 4.78 is 6.40. The Morgan fingerprint density at radius 1 is 1.09 bits per heavy atom.